The van der Waals surface area contributed by atoms with Crippen molar-refractivity contribution in [3.63, 3.8) is 0 Å². The molecule has 1 saturated heterocycles. The van der Waals surface area contributed by atoms with E-state index < -0.39 is 0 Å². The second kappa shape index (κ2) is 6.74. The first-order valence-corrected chi connectivity index (χ1v) is 8.14. The molecule has 1 aliphatic carbocycles. The Morgan fingerprint density at radius 3 is 2.68 bits per heavy atom. The Balaban J connectivity index is 1.78. The van der Waals surface area contributed by atoms with Gasteiger partial charge in [-0.15, -0.1) is 0 Å². The van der Waals surface area contributed by atoms with E-state index in [1.54, 1.807) is 0 Å². The highest BCUT2D eigenvalue weighted by Crippen LogP contribution is 2.33. The molecule has 1 amide bonds. The summed E-state index contributed by atoms with van der Waals surface area (Å²) < 4.78 is 0. The van der Waals surface area contributed by atoms with Crippen LogP contribution in [-0.4, -0.2) is 24.5 Å². The fourth-order valence-electron chi connectivity index (χ4n) is 3.88. The van der Waals surface area contributed by atoms with Crippen LogP contribution in [0.5, 0.6) is 0 Å². The second-order valence-electron chi connectivity index (χ2n) is 6.66. The first kappa shape index (κ1) is 14.8. The fraction of sp³-hybridized carbons (Fsp3) is 0.938. The Hall–Kier alpha value is -0.570. The van der Waals surface area contributed by atoms with Crippen LogP contribution in [0.4, 0.5) is 0 Å². The summed E-state index contributed by atoms with van der Waals surface area (Å²) in [5, 5.41) is 6.78. The van der Waals surface area contributed by atoms with E-state index in [1.807, 2.05) is 0 Å². The van der Waals surface area contributed by atoms with Gasteiger partial charge >= 0.3 is 0 Å². The van der Waals surface area contributed by atoms with Crippen LogP contribution >= 0.6 is 0 Å². The quantitative estimate of drug-likeness (QED) is 0.821. The zero-order chi connectivity index (χ0) is 13.8. The molecule has 2 rings (SSSR count). The van der Waals surface area contributed by atoms with Crippen LogP contribution < -0.4 is 10.6 Å². The van der Waals surface area contributed by atoms with Crippen molar-refractivity contribution in [3.05, 3.63) is 0 Å². The van der Waals surface area contributed by atoms with Gasteiger partial charge in [0.05, 0.1) is 0 Å². The van der Waals surface area contributed by atoms with Gasteiger partial charge in [-0.05, 0) is 50.0 Å². The van der Waals surface area contributed by atoms with Crippen LogP contribution in [0.3, 0.4) is 0 Å². The van der Waals surface area contributed by atoms with E-state index in [0.717, 1.165) is 12.5 Å². The highest BCUT2D eigenvalue weighted by Gasteiger charge is 2.33. The van der Waals surface area contributed by atoms with E-state index in [1.165, 1.54) is 32.1 Å². The van der Waals surface area contributed by atoms with Gasteiger partial charge in [0.1, 0.15) is 0 Å². The van der Waals surface area contributed by atoms with Gasteiger partial charge in [-0.25, -0.2) is 0 Å². The SMILES string of the molecule is CCC1CCC(NC(=O)CC2NCCCC2C)C1C. The van der Waals surface area contributed by atoms with Crippen molar-refractivity contribution < 1.29 is 4.79 Å². The maximum Gasteiger partial charge on any atom is 0.221 e. The van der Waals surface area contributed by atoms with E-state index in [4.69, 9.17) is 0 Å². The van der Waals surface area contributed by atoms with E-state index in [9.17, 15) is 4.79 Å². The number of hydrogen-bond acceptors (Lipinski definition) is 2. The van der Waals surface area contributed by atoms with E-state index >= 15 is 0 Å². The Morgan fingerprint density at radius 1 is 1.26 bits per heavy atom. The molecule has 0 aromatic carbocycles. The van der Waals surface area contributed by atoms with Gasteiger partial charge in [-0.2, -0.15) is 0 Å². The summed E-state index contributed by atoms with van der Waals surface area (Å²) in [4.78, 5) is 12.2. The minimum absolute atomic E-state index is 0.250. The lowest BCUT2D eigenvalue weighted by atomic mass is 9.90. The summed E-state index contributed by atoms with van der Waals surface area (Å²) in [6.07, 6.45) is 6.84. The molecule has 0 bridgehead atoms. The lowest BCUT2D eigenvalue weighted by Crippen LogP contribution is -2.45. The highest BCUT2D eigenvalue weighted by atomic mass is 16.1. The number of carbonyl (C=O) groups excluding carboxylic acids is 1. The van der Waals surface area contributed by atoms with Crippen LogP contribution in [0.2, 0.25) is 0 Å². The van der Waals surface area contributed by atoms with Gasteiger partial charge in [0, 0.05) is 18.5 Å². The highest BCUT2D eigenvalue weighted by molar-refractivity contribution is 5.77. The maximum atomic E-state index is 12.2. The maximum absolute atomic E-state index is 12.2. The third kappa shape index (κ3) is 3.71. The number of hydrogen-bond donors (Lipinski definition) is 2. The van der Waals surface area contributed by atoms with E-state index in [-0.39, 0.29) is 5.91 Å². The van der Waals surface area contributed by atoms with Crippen LogP contribution in [-0.2, 0) is 4.79 Å². The van der Waals surface area contributed by atoms with Gasteiger partial charge in [-0.3, -0.25) is 4.79 Å². The molecule has 19 heavy (non-hydrogen) atoms. The zero-order valence-electron chi connectivity index (χ0n) is 12.7. The molecule has 0 spiro atoms. The van der Waals surface area contributed by atoms with Crippen molar-refractivity contribution >= 4 is 5.91 Å². The molecule has 3 nitrogen and oxygen atoms in total. The molecule has 110 valence electrons. The predicted octanol–water partition coefficient (Wildman–Crippen LogP) is 2.71. The number of amides is 1. The summed E-state index contributed by atoms with van der Waals surface area (Å²) in [5.41, 5.74) is 0. The molecule has 0 radical (unpaired) electrons. The zero-order valence-corrected chi connectivity index (χ0v) is 12.7. The third-order valence-corrected chi connectivity index (χ3v) is 5.43. The summed E-state index contributed by atoms with van der Waals surface area (Å²) in [7, 11) is 0. The van der Waals surface area contributed by atoms with Crippen molar-refractivity contribution in [2.45, 2.75) is 71.4 Å². The molecule has 3 heteroatoms. The Labute approximate surface area is 117 Å². The van der Waals surface area contributed by atoms with Crippen LogP contribution in [0.1, 0.15) is 59.3 Å². The van der Waals surface area contributed by atoms with Crippen LogP contribution in [0, 0.1) is 17.8 Å². The summed E-state index contributed by atoms with van der Waals surface area (Å²) in [6, 6.07) is 0.795. The van der Waals surface area contributed by atoms with Crippen LogP contribution in [0.25, 0.3) is 0 Å². The smallest absolute Gasteiger partial charge is 0.221 e. The predicted molar refractivity (Wildman–Crippen MR) is 78.9 cm³/mol. The lowest BCUT2D eigenvalue weighted by molar-refractivity contribution is -0.123. The largest absolute Gasteiger partial charge is 0.353 e. The molecule has 1 aliphatic heterocycles. The van der Waals surface area contributed by atoms with Gasteiger partial charge in [-0.1, -0.05) is 27.2 Å². The molecule has 0 aromatic heterocycles. The second-order valence-corrected chi connectivity index (χ2v) is 6.66. The molecule has 2 aliphatic rings. The molecule has 5 atom stereocenters. The summed E-state index contributed by atoms with van der Waals surface area (Å²) >= 11 is 0. The summed E-state index contributed by atoms with van der Waals surface area (Å²) in [6.45, 7) is 7.89. The van der Waals surface area contributed by atoms with Gasteiger partial charge in [0.2, 0.25) is 5.91 Å². The van der Waals surface area contributed by atoms with Crippen molar-refractivity contribution in [1.82, 2.24) is 10.6 Å². The molecule has 2 N–H and O–H groups in total. The Kier molecular flexibility index (Phi) is 5.26. The van der Waals surface area contributed by atoms with Gasteiger partial charge in [0.25, 0.3) is 0 Å². The average molecular weight is 266 g/mol. The van der Waals surface area contributed by atoms with E-state index in [0.29, 0.717) is 30.3 Å². The standard InChI is InChI=1S/C16H30N2O/c1-4-13-7-8-14(12(13)3)18-16(19)10-15-11(2)6-5-9-17-15/h11-15,17H,4-10H2,1-3H3,(H,18,19). The summed E-state index contributed by atoms with van der Waals surface area (Å²) in [5.74, 6) is 2.33. The van der Waals surface area contributed by atoms with Crippen LogP contribution in [0.15, 0.2) is 0 Å². The van der Waals surface area contributed by atoms with Crippen molar-refractivity contribution in [2.24, 2.45) is 17.8 Å². The van der Waals surface area contributed by atoms with Crippen molar-refractivity contribution in [1.29, 1.82) is 0 Å². The minimum atomic E-state index is 0.250. The number of carbonyl (C=O) groups is 1. The Bertz CT molecular complexity index is 305. The average Bonchev–Trinajstić information content (AvgIpc) is 2.73. The third-order valence-electron chi connectivity index (χ3n) is 5.43. The number of rotatable bonds is 4. The van der Waals surface area contributed by atoms with Crippen molar-refractivity contribution in [3.8, 4) is 0 Å². The minimum Gasteiger partial charge on any atom is -0.353 e. The lowest BCUT2D eigenvalue weighted by Gasteiger charge is -2.30. The molecule has 0 aromatic rings. The Morgan fingerprint density at radius 2 is 2.05 bits per heavy atom. The van der Waals surface area contributed by atoms with E-state index in [2.05, 4.69) is 31.4 Å². The van der Waals surface area contributed by atoms with Gasteiger partial charge in [0.15, 0.2) is 0 Å². The molecule has 2 fully saturated rings. The van der Waals surface area contributed by atoms with Crippen molar-refractivity contribution in [2.75, 3.05) is 6.54 Å². The normalized spacial score (nSPS) is 39.2. The molecule has 1 heterocycles. The first-order valence-electron chi connectivity index (χ1n) is 8.14. The fourth-order valence-corrected chi connectivity index (χ4v) is 3.88. The molecule has 5 unspecified atom stereocenters. The first-order chi connectivity index (χ1) is 9.11. The van der Waals surface area contributed by atoms with Gasteiger partial charge < -0.3 is 10.6 Å². The monoisotopic (exact) mass is 266 g/mol. The number of piperidine rings is 1. The molecule has 1 saturated carbocycles. The molecular formula is C16H30N2O. The molecular weight excluding hydrogens is 236 g/mol. The topological polar surface area (TPSA) is 41.1 Å². The number of nitrogens with one attached hydrogen (secondary N) is 2.